The van der Waals surface area contributed by atoms with Crippen molar-refractivity contribution in [1.29, 1.82) is 0 Å². The van der Waals surface area contributed by atoms with Crippen LogP contribution in [0.5, 0.6) is 0 Å². The number of carbonyl (C=O) groups is 2. The fourth-order valence-electron chi connectivity index (χ4n) is 3.90. The molecule has 1 saturated heterocycles. The van der Waals surface area contributed by atoms with Gasteiger partial charge in [-0.2, -0.15) is 0 Å². The van der Waals surface area contributed by atoms with Gasteiger partial charge in [0.2, 0.25) is 11.8 Å². The molecule has 2 atom stereocenters. The molecule has 2 fully saturated rings. The van der Waals surface area contributed by atoms with Crippen LogP contribution in [-0.2, 0) is 0 Å². The van der Waals surface area contributed by atoms with Gasteiger partial charge in [0.1, 0.15) is 11.4 Å². The standard InChI is InChI=1S/C18H20N4O2.Al.H/c23-17(15-9-3-5-11-19-15)21-13-7-1-2-8-14(13)22-18(24)16-10-4-6-12-20-16;;/h3-6,9-14H,1-2,7-8H2,(H2,21,22,23,24);;/q;+2;/p-2. The topological polar surface area (TPSA) is 66.4 Å². The van der Waals surface area contributed by atoms with Crippen molar-refractivity contribution in [3.63, 3.8) is 0 Å². The van der Waals surface area contributed by atoms with Gasteiger partial charge in [-0.25, -0.2) is 0 Å². The summed E-state index contributed by atoms with van der Waals surface area (Å²) in [6, 6.07) is 11.0. The lowest BCUT2D eigenvalue weighted by Gasteiger charge is -2.35. The third-order valence-electron chi connectivity index (χ3n) is 5.09. The Bertz CT molecular complexity index is 706. The van der Waals surface area contributed by atoms with E-state index in [0.29, 0.717) is 11.4 Å². The highest BCUT2D eigenvalue weighted by Crippen LogP contribution is 2.33. The molecule has 1 saturated carbocycles. The van der Waals surface area contributed by atoms with Gasteiger partial charge in [0.05, 0.1) is 0 Å². The summed E-state index contributed by atoms with van der Waals surface area (Å²) in [5, 5.41) is 0. The van der Waals surface area contributed by atoms with Crippen molar-refractivity contribution in [2.24, 2.45) is 0 Å². The summed E-state index contributed by atoms with van der Waals surface area (Å²) in [5.74, 6) is -0.0824. The lowest BCUT2D eigenvalue weighted by molar-refractivity contribution is 0.0737. The maximum absolute atomic E-state index is 13.0. The number of amides is 2. The van der Waals surface area contributed by atoms with E-state index in [1.807, 2.05) is 19.9 Å². The molecule has 2 aliphatic rings. The number of rotatable bonds is 2. The predicted molar refractivity (Wildman–Crippen MR) is 94.0 cm³/mol. The Balaban J connectivity index is 1.62. The van der Waals surface area contributed by atoms with Crippen molar-refractivity contribution in [1.82, 2.24) is 17.7 Å². The highest BCUT2D eigenvalue weighted by atomic mass is 27.1. The van der Waals surface area contributed by atoms with E-state index in [-0.39, 0.29) is 23.9 Å². The van der Waals surface area contributed by atoms with Crippen LogP contribution in [0.25, 0.3) is 0 Å². The zero-order valence-corrected chi connectivity index (χ0v) is 15.3. The fraction of sp³-hybridized carbons (Fsp3) is 0.333. The number of nitrogens with zero attached hydrogens (tertiary/aromatic N) is 4. The van der Waals surface area contributed by atoms with Gasteiger partial charge in [-0.05, 0) is 37.1 Å². The predicted octanol–water partition coefficient (Wildman–Crippen LogP) is 1.65. The van der Waals surface area contributed by atoms with Crippen molar-refractivity contribution < 1.29 is 9.59 Å². The Morgan fingerprint density at radius 1 is 0.840 bits per heavy atom. The van der Waals surface area contributed by atoms with Crippen LogP contribution in [0.3, 0.4) is 0 Å². The first-order valence-corrected chi connectivity index (χ1v) is 9.96. The summed E-state index contributed by atoms with van der Waals surface area (Å²) >= 11 is -1.20. The lowest BCUT2D eigenvalue weighted by Crippen LogP contribution is -2.43. The molecule has 126 valence electrons. The average Bonchev–Trinajstić information content (AvgIpc) is 3.08. The molecule has 6 nitrogen and oxygen atoms in total. The Morgan fingerprint density at radius 3 is 1.72 bits per heavy atom. The maximum atomic E-state index is 13.0. The summed E-state index contributed by atoms with van der Waals surface area (Å²) in [6.07, 6.45) is 7.41. The SMILES string of the molecule is O=C(c1ccccn1)[N]1[AlH][N](C(=O)c2ccccn2)C2CCCCC21. The van der Waals surface area contributed by atoms with Gasteiger partial charge in [0.25, 0.3) is 0 Å². The molecule has 1 aliphatic carbocycles. The van der Waals surface area contributed by atoms with Crippen molar-refractivity contribution in [2.45, 2.75) is 37.8 Å². The van der Waals surface area contributed by atoms with E-state index in [1.54, 1.807) is 36.7 Å². The van der Waals surface area contributed by atoms with Crippen LogP contribution >= 0.6 is 0 Å². The lowest BCUT2D eigenvalue weighted by atomic mass is 9.90. The first-order valence-electron chi connectivity index (χ1n) is 8.70. The maximum Gasteiger partial charge on any atom is 0.554 e. The van der Waals surface area contributed by atoms with Crippen LogP contribution < -0.4 is 0 Å². The van der Waals surface area contributed by atoms with E-state index >= 15 is 0 Å². The van der Waals surface area contributed by atoms with Gasteiger partial charge in [-0.1, -0.05) is 25.0 Å². The summed E-state index contributed by atoms with van der Waals surface area (Å²) in [6.45, 7) is 0. The van der Waals surface area contributed by atoms with Gasteiger partial charge in [0.15, 0.2) is 0 Å². The van der Waals surface area contributed by atoms with Crippen LogP contribution in [0, 0.1) is 0 Å². The molecule has 0 N–H and O–H groups in total. The van der Waals surface area contributed by atoms with Crippen LogP contribution in [-0.4, -0.2) is 57.3 Å². The average molecular weight is 350 g/mol. The second-order valence-electron chi connectivity index (χ2n) is 6.54. The molecule has 4 rings (SSSR count). The number of fused-ring (bicyclic) bond motifs is 1. The third kappa shape index (κ3) is 3.06. The minimum Gasteiger partial charge on any atom is -0.408 e. The molecule has 1 aliphatic heterocycles. The van der Waals surface area contributed by atoms with Gasteiger partial charge in [-0.3, -0.25) is 19.6 Å². The molecule has 7 heteroatoms. The van der Waals surface area contributed by atoms with Crippen LogP contribution in [0.2, 0.25) is 0 Å². The smallest absolute Gasteiger partial charge is 0.408 e. The summed E-state index contributed by atoms with van der Waals surface area (Å²) in [7, 11) is 0. The highest BCUT2D eigenvalue weighted by molar-refractivity contribution is 6.41. The van der Waals surface area contributed by atoms with Crippen molar-refractivity contribution in [3.8, 4) is 0 Å². The third-order valence-corrected chi connectivity index (χ3v) is 7.21. The van der Waals surface area contributed by atoms with Crippen molar-refractivity contribution in [2.75, 3.05) is 0 Å². The quantitative estimate of drug-likeness (QED) is 0.773. The number of pyridine rings is 2. The molecular formula is C18H19AlN4O2. The van der Waals surface area contributed by atoms with Crippen LogP contribution in [0.15, 0.2) is 48.8 Å². The molecule has 2 aromatic heterocycles. The Kier molecular flexibility index (Phi) is 4.52. The molecule has 2 aromatic rings. The monoisotopic (exact) mass is 350 g/mol. The van der Waals surface area contributed by atoms with Gasteiger partial charge < -0.3 is 7.77 Å². The van der Waals surface area contributed by atoms with E-state index in [9.17, 15) is 9.59 Å². The molecular weight excluding hydrogens is 331 g/mol. The van der Waals surface area contributed by atoms with Crippen molar-refractivity contribution >= 4 is 27.5 Å². The van der Waals surface area contributed by atoms with E-state index in [4.69, 9.17) is 0 Å². The number of carbonyl (C=O) groups excluding carboxylic acids is 2. The first-order chi connectivity index (χ1) is 12.3. The molecule has 0 aromatic carbocycles. The highest BCUT2D eigenvalue weighted by Gasteiger charge is 2.47. The first kappa shape index (κ1) is 16.3. The molecule has 0 radical (unpaired) electrons. The summed E-state index contributed by atoms with van der Waals surface area (Å²) in [5.41, 5.74) is 0.929. The normalized spacial score (nSPS) is 22.2. The van der Waals surface area contributed by atoms with Gasteiger partial charge in [0, 0.05) is 24.5 Å². The summed E-state index contributed by atoms with van der Waals surface area (Å²) in [4.78, 5) is 34.3. The van der Waals surface area contributed by atoms with Crippen LogP contribution in [0.4, 0.5) is 0 Å². The zero-order valence-electron chi connectivity index (χ0n) is 13.9. The van der Waals surface area contributed by atoms with Crippen molar-refractivity contribution in [3.05, 3.63) is 60.2 Å². The molecule has 2 unspecified atom stereocenters. The van der Waals surface area contributed by atoms with E-state index in [1.165, 1.54) is 0 Å². The van der Waals surface area contributed by atoms with E-state index in [2.05, 4.69) is 9.97 Å². The zero-order chi connectivity index (χ0) is 17.2. The largest absolute Gasteiger partial charge is 0.554 e. The van der Waals surface area contributed by atoms with Gasteiger partial charge >= 0.3 is 15.7 Å². The molecule has 0 bridgehead atoms. The molecule has 2 amide bonds. The Morgan fingerprint density at radius 2 is 1.32 bits per heavy atom. The number of hydrogen-bond acceptors (Lipinski definition) is 4. The second-order valence-corrected chi connectivity index (χ2v) is 8.19. The van der Waals surface area contributed by atoms with Crippen LogP contribution in [0.1, 0.15) is 46.7 Å². The minimum atomic E-state index is -1.20. The van der Waals surface area contributed by atoms with E-state index < -0.39 is 15.7 Å². The number of hydrogen-bond donors (Lipinski definition) is 0. The fourth-order valence-corrected chi connectivity index (χ4v) is 6.08. The van der Waals surface area contributed by atoms with Gasteiger partial charge in [-0.15, -0.1) is 0 Å². The second kappa shape index (κ2) is 6.95. The minimum absolute atomic E-state index is 0.0412. The molecule has 0 spiro atoms. The molecule has 3 heterocycles. The Hall–Kier alpha value is -2.23. The molecule has 25 heavy (non-hydrogen) atoms. The number of aromatic nitrogens is 2. The Labute approximate surface area is 153 Å². The summed E-state index contributed by atoms with van der Waals surface area (Å²) < 4.78 is 3.90. The van der Waals surface area contributed by atoms with E-state index in [0.717, 1.165) is 25.7 Å².